The van der Waals surface area contributed by atoms with Gasteiger partial charge < -0.3 is 5.73 Å². The molecule has 2 heterocycles. The van der Waals surface area contributed by atoms with Crippen LogP contribution in [0.4, 0.5) is 4.39 Å². The number of hydrogen-bond donors (Lipinski definition) is 1. The lowest BCUT2D eigenvalue weighted by molar-refractivity contribution is 0.185. The molecule has 0 radical (unpaired) electrons. The maximum atomic E-state index is 13.4. The van der Waals surface area contributed by atoms with E-state index < -0.39 is 0 Å². The molecular weight excluding hydrogens is 259 g/mol. The van der Waals surface area contributed by atoms with Crippen molar-refractivity contribution in [3.63, 3.8) is 0 Å². The third kappa shape index (κ3) is 2.56. The van der Waals surface area contributed by atoms with Crippen molar-refractivity contribution in [3.8, 4) is 0 Å². The number of rotatable bonds is 3. The molecule has 1 aliphatic rings. The predicted octanol–water partition coefficient (Wildman–Crippen LogP) is 2.95. The van der Waals surface area contributed by atoms with Crippen LogP contribution in [0.15, 0.2) is 35.7 Å². The van der Waals surface area contributed by atoms with E-state index >= 15 is 0 Å². The fourth-order valence-corrected chi connectivity index (χ4v) is 3.64. The fourth-order valence-electron chi connectivity index (χ4n) is 2.75. The van der Waals surface area contributed by atoms with E-state index in [0.29, 0.717) is 6.54 Å². The Labute approximate surface area is 116 Å². The van der Waals surface area contributed by atoms with Gasteiger partial charge in [0.25, 0.3) is 0 Å². The van der Waals surface area contributed by atoms with Crippen LogP contribution in [-0.2, 0) is 13.0 Å². The molecule has 1 aromatic carbocycles. The molecule has 0 fully saturated rings. The highest BCUT2D eigenvalue weighted by Crippen LogP contribution is 2.30. The van der Waals surface area contributed by atoms with Crippen LogP contribution in [0.25, 0.3) is 0 Å². The molecule has 1 unspecified atom stereocenters. The highest BCUT2D eigenvalue weighted by molar-refractivity contribution is 7.10. The molecule has 1 aliphatic heterocycles. The molecule has 0 bridgehead atoms. The van der Waals surface area contributed by atoms with Crippen molar-refractivity contribution in [2.24, 2.45) is 5.73 Å². The molecule has 2 N–H and O–H groups in total. The molecule has 0 amide bonds. The maximum absolute atomic E-state index is 13.4. The molecule has 0 saturated heterocycles. The first kappa shape index (κ1) is 12.8. The Hall–Kier alpha value is -1.23. The van der Waals surface area contributed by atoms with Crippen molar-refractivity contribution in [2.45, 2.75) is 19.0 Å². The minimum Gasteiger partial charge on any atom is -0.329 e. The first-order valence-electron chi connectivity index (χ1n) is 6.53. The molecule has 3 rings (SSSR count). The van der Waals surface area contributed by atoms with E-state index in [1.165, 1.54) is 16.5 Å². The van der Waals surface area contributed by atoms with E-state index in [-0.39, 0.29) is 11.9 Å². The zero-order valence-electron chi connectivity index (χ0n) is 10.7. The Morgan fingerprint density at radius 2 is 2.26 bits per heavy atom. The predicted molar refractivity (Wildman–Crippen MR) is 76.6 cm³/mol. The molecule has 2 nitrogen and oxygen atoms in total. The van der Waals surface area contributed by atoms with Gasteiger partial charge in [0.2, 0.25) is 0 Å². The topological polar surface area (TPSA) is 29.3 Å². The normalized spacial score (nSPS) is 17.2. The molecule has 0 saturated carbocycles. The molecule has 19 heavy (non-hydrogen) atoms. The van der Waals surface area contributed by atoms with Gasteiger partial charge in [0.1, 0.15) is 5.82 Å². The van der Waals surface area contributed by atoms with Gasteiger partial charge in [-0.25, -0.2) is 4.39 Å². The van der Waals surface area contributed by atoms with Gasteiger partial charge in [0.15, 0.2) is 0 Å². The summed E-state index contributed by atoms with van der Waals surface area (Å²) in [6.45, 7) is 2.42. The quantitative estimate of drug-likeness (QED) is 0.934. The average molecular weight is 276 g/mol. The molecule has 1 atom stereocenters. The number of benzene rings is 1. The molecule has 100 valence electrons. The second-order valence-corrected chi connectivity index (χ2v) is 5.90. The monoisotopic (exact) mass is 276 g/mol. The SMILES string of the molecule is NCC(c1cccc(F)c1)N1CCc2sccc2C1. The van der Waals surface area contributed by atoms with Gasteiger partial charge in [-0.3, -0.25) is 4.90 Å². The third-order valence-electron chi connectivity index (χ3n) is 3.73. The summed E-state index contributed by atoms with van der Waals surface area (Å²) in [4.78, 5) is 3.83. The summed E-state index contributed by atoms with van der Waals surface area (Å²) in [5, 5.41) is 2.15. The second-order valence-electron chi connectivity index (χ2n) is 4.90. The lowest BCUT2D eigenvalue weighted by Gasteiger charge is -2.34. The molecule has 0 aliphatic carbocycles. The fraction of sp³-hybridized carbons (Fsp3) is 0.333. The summed E-state index contributed by atoms with van der Waals surface area (Å²) >= 11 is 1.83. The van der Waals surface area contributed by atoms with Crippen molar-refractivity contribution in [1.82, 2.24) is 4.90 Å². The minimum absolute atomic E-state index is 0.101. The van der Waals surface area contributed by atoms with Crippen LogP contribution in [0.5, 0.6) is 0 Å². The molecule has 2 aromatic rings. The summed E-state index contributed by atoms with van der Waals surface area (Å²) in [5.74, 6) is -0.191. The lowest BCUT2D eigenvalue weighted by Crippen LogP contribution is -2.37. The second kappa shape index (κ2) is 5.41. The van der Waals surface area contributed by atoms with Gasteiger partial charge in [0.05, 0.1) is 0 Å². The van der Waals surface area contributed by atoms with Crippen molar-refractivity contribution in [3.05, 3.63) is 57.5 Å². The van der Waals surface area contributed by atoms with Crippen LogP contribution in [0.3, 0.4) is 0 Å². The number of halogens is 1. The third-order valence-corrected chi connectivity index (χ3v) is 4.76. The van der Waals surface area contributed by atoms with E-state index in [4.69, 9.17) is 5.73 Å². The van der Waals surface area contributed by atoms with E-state index in [2.05, 4.69) is 16.3 Å². The zero-order valence-corrected chi connectivity index (χ0v) is 11.5. The highest BCUT2D eigenvalue weighted by atomic mass is 32.1. The van der Waals surface area contributed by atoms with E-state index in [1.807, 2.05) is 17.4 Å². The van der Waals surface area contributed by atoms with E-state index in [1.54, 1.807) is 12.1 Å². The summed E-state index contributed by atoms with van der Waals surface area (Å²) in [7, 11) is 0. The Bertz CT molecular complexity index is 567. The average Bonchev–Trinajstić information content (AvgIpc) is 2.87. The first-order valence-corrected chi connectivity index (χ1v) is 7.40. The van der Waals surface area contributed by atoms with Gasteiger partial charge >= 0.3 is 0 Å². The van der Waals surface area contributed by atoms with Crippen LogP contribution in [-0.4, -0.2) is 18.0 Å². The molecular formula is C15H17FN2S. The van der Waals surface area contributed by atoms with Crippen LogP contribution in [0.1, 0.15) is 22.0 Å². The van der Waals surface area contributed by atoms with Crippen molar-refractivity contribution in [1.29, 1.82) is 0 Å². The zero-order chi connectivity index (χ0) is 13.2. The number of hydrogen-bond acceptors (Lipinski definition) is 3. The van der Waals surface area contributed by atoms with Crippen LogP contribution >= 0.6 is 11.3 Å². The highest BCUT2D eigenvalue weighted by Gasteiger charge is 2.24. The summed E-state index contributed by atoms with van der Waals surface area (Å²) in [5.41, 5.74) is 8.29. The van der Waals surface area contributed by atoms with Gasteiger partial charge in [-0.1, -0.05) is 12.1 Å². The summed E-state index contributed by atoms with van der Waals surface area (Å²) in [6, 6.07) is 9.08. The maximum Gasteiger partial charge on any atom is 0.123 e. The smallest absolute Gasteiger partial charge is 0.123 e. The lowest BCUT2D eigenvalue weighted by atomic mass is 10.0. The van der Waals surface area contributed by atoms with Crippen molar-refractivity contribution >= 4 is 11.3 Å². The van der Waals surface area contributed by atoms with Crippen LogP contribution in [0, 0.1) is 5.82 Å². The molecule has 0 spiro atoms. The number of fused-ring (bicyclic) bond motifs is 1. The van der Waals surface area contributed by atoms with Crippen molar-refractivity contribution in [2.75, 3.05) is 13.1 Å². The Balaban J connectivity index is 1.84. The van der Waals surface area contributed by atoms with E-state index in [9.17, 15) is 4.39 Å². The number of thiophene rings is 1. The Morgan fingerprint density at radius 1 is 1.37 bits per heavy atom. The summed E-state index contributed by atoms with van der Waals surface area (Å²) < 4.78 is 13.4. The van der Waals surface area contributed by atoms with Crippen LogP contribution in [0.2, 0.25) is 0 Å². The molecule has 4 heteroatoms. The number of nitrogens with two attached hydrogens (primary N) is 1. The van der Waals surface area contributed by atoms with Crippen LogP contribution < -0.4 is 5.73 Å². The van der Waals surface area contributed by atoms with Gasteiger partial charge in [0, 0.05) is 30.6 Å². The van der Waals surface area contributed by atoms with Gasteiger partial charge in [-0.05, 0) is 41.1 Å². The minimum atomic E-state index is -0.191. The summed E-state index contributed by atoms with van der Waals surface area (Å²) in [6.07, 6.45) is 1.07. The largest absolute Gasteiger partial charge is 0.329 e. The van der Waals surface area contributed by atoms with Crippen molar-refractivity contribution < 1.29 is 4.39 Å². The Kier molecular flexibility index (Phi) is 3.64. The van der Waals surface area contributed by atoms with E-state index in [0.717, 1.165) is 25.1 Å². The standard InChI is InChI=1S/C15H17FN2S/c16-13-3-1-2-11(8-13)14(9-17)18-6-4-15-12(10-18)5-7-19-15/h1-3,5,7-8,14H,4,6,9-10,17H2. The van der Waals surface area contributed by atoms with Gasteiger partial charge in [-0.2, -0.15) is 0 Å². The molecule has 1 aromatic heterocycles. The number of nitrogens with zero attached hydrogens (tertiary/aromatic N) is 1. The Morgan fingerprint density at radius 3 is 3.05 bits per heavy atom. The first-order chi connectivity index (χ1) is 9.28. The van der Waals surface area contributed by atoms with Gasteiger partial charge in [-0.15, -0.1) is 11.3 Å².